The van der Waals surface area contributed by atoms with Crippen LogP contribution in [0.15, 0.2) is 71.8 Å². The third kappa shape index (κ3) is 4.73. The molecule has 0 amide bonds. The fraction of sp³-hybridized carbons (Fsp3) is 0.185. The third-order valence-electron chi connectivity index (χ3n) is 5.15. The van der Waals surface area contributed by atoms with Crippen LogP contribution in [0.5, 0.6) is 0 Å². The van der Waals surface area contributed by atoms with Gasteiger partial charge in [-0.25, -0.2) is 9.78 Å². The lowest BCUT2D eigenvalue weighted by Gasteiger charge is -2.29. The molecule has 3 aromatic rings. The molecule has 4 heteroatoms. The van der Waals surface area contributed by atoms with E-state index in [2.05, 4.69) is 80.1 Å². The number of aryl methyl sites for hydroxylation is 1. The zero-order valence-electron chi connectivity index (χ0n) is 17.8. The van der Waals surface area contributed by atoms with E-state index >= 15 is 0 Å². The summed E-state index contributed by atoms with van der Waals surface area (Å²) in [6.45, 7) is 6.64. The first-order valence-electron chi connectivity index (χ1n) is 10.2. The van der Waals surface area contributed by atoms with Gasteiger partial charge in [0.2, 0.25) is 0 Å². The zero-order valence-corrected chi connectivity index (χ0v) is 18.6. The molecule has 0 fully saturated rings. The van der Waals surface area contributed by atoms with Gasteiger partial charge in [-0.3, -0.25) is 0 Å². The number of nitrogens with zero attached hydrogens (tertiary/aromatic N) is 1. The molecule has 2 heterocycles. The Kier molecular flexibility index (Phi) is 5.71. The minimum atomic E-state index is -0.992. The summed E-state index contributed by atoms with van der Waals surface area (Å²) in [5.41, 5.74) is 6.56. The molecule has 2 aromatic carbocycles. The average molecular weight is 426 g/mol. The van der Waals surface area contributed by atoms with Gasteiger partial charge in [-0.2, -0.15) is 0 Å². The monoisotopic (exact) mass is 425 g/mol. The van der Waals surface area contributed by atoms with E-state index in [1.807, 2.05) is 17.8 Å². The van der Waals surface area contributed by atoms with E-state index in [0.29, 0.717) is 5.69 Å². The number of carboxylic acid groups (broad SMARTS) is 1. The van der Waals surface area contributed by atoms with Gasteiger partial charge in [-0.05, 0) is 78.8 Å². The van der Waals surface area contributed by atoms with Crippen molar-refractivity contribution in [1.29, 1.82) is 0 Å². The molecule has 0 aliphatic carbocycles. The largest absolute Gasteiger partial charge is 0.478 e. The smallest absolute Gasteiger partial charge is 0.337 e. The molecule has 0 atom stereocenters. The van der Waals surface area contributed by atoms with Crippen molar-refractivity contribution in [3.05, 3.63) is 100 Å². The fourth-order valence-electron chi connectivity index (χ4n) is 3.53. The highest BCUT2D eigenvalue weighted by molar-refractivity contribution is 8.01. The average Bonchev–Trinajstić information content (AvgIpc) is 2.77. The summed E-state index contributed by atoms with van der Waals surface area (Å²) in [5.74, 6) is 5.22. The van der Waals surface area contributed by atoms with Crippen LogP contribution in [0.4, 0.5) is 0 Å². The van der Waals surface area contributed by atoms with Gasteiger partial charge in [0, 0.05) is 21.4 Å². The number of benzene rings is 2. The Bertz CT molecular complexity index is 1230. The molecule has 3 nitrogen and oxygen atoms in total. The first-order valence-corrected chi connectivity index (χ1v) is 11.0. The molecule has 154 valence electrons. The van der Waals surface area contributed by atoms with E-state index in [1.165, 1.54) is 39.4 Å². The number of pyridine rings is 1. The summed E-state index contributed by atoms with van der Waals surface area (Å²) in [5, 5.41) is 9.00. The second-order valence-electron chi connectivity index (χ2n) is 8.01. The Balaban J connectivity index is 1.70. The van der Waals surface area contributed by atoms with Crippen molar-refractivity contribution in [2.75, 3.05) is 0 Å². The van der Waals surface area contributed by atoms with Crippen molar-refractivity contribution in [2.24, 2.45) is 0 Å². The Morgan fingerprint density at radius 3 is 2.48 bits per heavy atom. The van der Waals surface area contributed by atoms with E-state index < -0.39 is 5.97 Å². The van der Waals surface area contributed by atoms with Gasteiger partial charge in [-0.1, -0.05) is 43.2 Å². The first kappa shape index (κ1) is 21.0. The second-order valence-corrected chi connectivity index (χ2v) is 9.71. The summed E-state index contributed by atoms with van der Waals surface area (Å²) in [6, 6.07) is 18.3. The summed E-state index contributed by atoms with van der Waals surface area (Å²) in [6.07, 6.45) is 4.70. The maximum atomic E-state index is 11.0. The van der Waals surface area contributed by atoms with Gasteiger partial charge in [0.1, 0.15) is 5.69 Å². The van der Waals surface area contributed by atoms with Gasteiger partial charge in [0.15, 0.2) is 0 Å². The number of hydrogen-bond acceptors (Lipinski definition) is 3. The van der Waals surface area contributed by atoms with Crippen molar-refractivity contribution < 1.29 is 9.90 Å². The van der Waals surface area contributed by atoms with Crippen LogP contribution in [-0.4, -0.2) is 20.8 Å². The molecular formula is C27H23NO2S. The number of carbonyl (C=O) groups is 1. The van der Waals surface area contributed by atoms with E-state index in [0.717, 1.165) is 12.0 Å². The van der Waals surface area contributed by atoms with Crippen molar-refractivity contribution in [1.82, 2.24) is 4.98 Å². The lowest BCUT2D eigenvalue weighted by atomic mass is 9.92. The molecule has 0 radical (unpaired) electrons. The van der Waals surface area contributed by atoms with Crippen molar-refractivity contribution >= 4 is 23.3 Å². The molecule has 1 aliphatic heterocycles. The van der Waals surface area contributed by atoms with Crippen LogP contribution < -0.4 is 0 Å². The van der Waals surface area contributed by atoms with Crippen LogP contribution in [0.2, 0.25) is 0 Å². The van der Waals surface area contributed by atoms with Crippen LogP contribution in [0.1, 0.15) is 59.1 Å². The van der Waals surface area contributed by atoms with Gasteiger partial charge >= 0.3 is 5.97 Å². The van der Waals surface area contributed by atoms with Crippen molar-refractivity contribution in [3.8, 4) is 11.8 Å². The Morgan fingerprint density at radius 2 is 1.84 bits per heavy atom. The van der Waals surface area contributed by atoms with Crippen LogP contribution in [0, 0.1) is 11.8 Å². The predicted octanol–water partition coefficient (Wildman–Crippen LogP) is 6.06. The number of aromatic carboxylic acids is 1. The first-order chi connectivity index (χ1) is 14.8. The molecule has 0 saturated carbocycles. The van der Waals surface area contributed by atoms with E-state index in [1.54, 1.807) is 6.07 Å². The number of fused-ring (bicyclic) bond motifs is 1. The summed E-state index contributed by atoms with van der Waals surface area (Å²) >= 11 is 1.86. The second kappa shape index (κ2) is 8.45. The van der Waals surface area contributed by atoms with Crippen LogP contribution in [-0.2, 0) is 6.42 Å². The summed E-state index contributed by atoms with van der Waals surface area (Å²) in [7, 11) is 0. The van der Waals surface area contributed by atoms with Crippen LogP contribution >= 0.6 is 11.8 Å². The van der Waals surface area contributed by atoms with Crippen LogP contribution in [0.25, 0.3) is 5.57 Å². The number of thioether (sulfide) groups is 1. The maximum Gasteiger partial charge on any atom is 0.337 e. The molecule has 4 rings (SSSR count). The minimum absolute atomic E-state index is 0.00869. The minimum Gasteiger partial charge on any atom is -0.478 e. The zero-order chi connectivity index (χ0) is 22.0. The molecule has 1 aliphatic rings. The molecule has 1 N–H and O–H groups in total. The number of rotatable bonds is 3. The summed E-state index contributed by atoms with van der Waals surface area (Å²) in [4.78, 5) is 16.4. The Morgan fingerprint density at radius 1 is 1.06 bits per heavy atom. The quantitative estimate of drug-likeness (QED) is 0.518. The molecule has 31 heavy (non-hydrogen) atoms. The SMILES string of the molecule is CCc1ccc(C2=CC(C)(C)Sc3ccc(C#Cc4ccc(C(=O)O)cn4)cc32)cc1. The predicted molar refractivity (Wildman–Crippen MR) is 126 cm³/mol. The van der Waals surface area contributed by atoms with Gasteiger partial charge < -0.3 is 5.11 Å². The highest BCUT2D eigenvalue weighted by atomic mass is 32.2. The Hall–Kier alpha value is -3.29. The Labute approximate surface area is 187 Å². The number of hydrogen-bond donors (Lipinski definition) is 1. The molecule has 0 spiro atoms. The van der Waals surface area contributed by atoms with Crippen molar-refractivity contribution in [2.45, 2.75) is 36.8 Å². The fourth-order valence-corrected chi connectivity index (χ4v) is 4.69. The standard InChI is InChI=1S/C27H23NO2S/c1-4-18-5-9-20(10-6-18)24-16-27(2,3)31-25-14-8-19(15-23(24)25)7-12-22-13-11-21(17-28-22)26(29)30/h5-6,8-11,13-17H,4H2,1-3H3,(H,29,30). The van der Waals surface area contributed by atoms with E-state index in [4.69, 9.17) is 5.11 Å². The molecule has 0 bridgehead atoms. The molecule has 0 unspecified atom stereocenters. The molecular weight excluding hydrogens is 402 g/mol. The third-order valence-corrected chi connectivity index (χ3v) is 6.37. The lowest BCUT2D eigenvalue weighted by molar-refractivity contribution is 0.0696. The maximum absolute atomic E-state index is 11.0. The molecule has 1 aromatic heterocycles. The van der Waals surface area contributed by atoms with Gasteiger partial charge in [0.05, 0.1) is 5.56 Å². The lowest BCUT2D eigenvalue weighted by Crippen LogP contribution is -2.16. The van der Waals surface area contributed by atoms with E-state index in [9.17, 15) is 4.79 Å². The summed E-state index contributed by atoms with van der Waals surface area (Å²) < 4.78 is 0.00869. The highest BCUT2D eigenvalue weighted by Gasteiger charge is 2.26. The number of carboxylic acids is 1. The van der Waals surface area contributed by atoms with Crippen LogP contribution in [0.3, 0.4) is 0 Å². The number of aromatic nitrogens is 1. The van der Waals surface area contributed by atoms with E-state index in [-0.39, 0.29) is 10.3 Å². The topological polar surface area (TPSA) is 50.2 Å². The van der Waals surface area contributed by atoms with Crippen molar-refractivity contribution in [3.63, 3.8) is 0 Å². The highest BCUT2D eigenvalue weighted by Crippen LogP contribution is 2.46. The van der Waals surface area contributed by atoms with Gasteiger partial charge in [0.25, 0.3) is 0 Å². The van der Waals surface area contributed by atoms with Gasteiger partial charge in [-0.15, -0.1) is 11.8 Å². The normalized spacial score (nSPS) is 14.1. The molecule has 0 saturated heterocycles.